The van der Waals surface area contributed by atoms with Gasteiger partial charge < -0.3 is 9.64 Å². The lowest BCUT2D eigenvalue weighted by molar-refractivity contribution is -0.509. The van der Waals surface area contributed by atoms with Crippen LogP contribution in [0.15, 0.2) is 24.3 Å². The number of anilines is 1. The van der Waals surface area contributed by atoms with Crippen LogP contribution < -0.4 is 9.89 Å². The second-order valence-corrected chi connectivity index (χ2v) is 8.19. The number of nitrogens with zero attached hydrogens (tertiary/aromatic N) is 1. The van der Waals surface area contributed by atoms with Crippen LogP contribution in [-0.4, -0.2) is 30.4 Å². The molecule has 1 spiro atoms. The van der Waals surface area contributed by atoms with Crippen LogP contribution in [0.2, 0.25) is 0 Å². The molecule has 4 nitrogen and oxygen atoms in total. The molecule has 0 bridgehead atoms. The predicted molar refractivity (Wildman–Crippen MR) is 103 cm³/mol. The first-order valence-corrected chi connectivity index (χ1v) is 10.4. The zero-order valence-corrected chi connectivity index (χ0v) is 15.9. The van der Waals surface area contributed by atoms with Crippen molar-refractivity contribution in [2.45, 2.75) is 76.4 Å². The number of carbonyl (C=O) groups is 1. The minimum Gasteiger partial charge on any atom is -0.448 e. The maximum absolute atomic E-state index is 12.0. The molecule has 1 aromatic carbocycles. The fourth-order valence-corrected chi connectivity index (χ4v) is 4.80. The molecule has 4 rings (SSSR count). The van der Waals surface area contributed by atoms with E-state index in [4.69, 9.17) is 4.74 Å². The van der Waals surface area contributed by atoms with E-state index in [1.165, 1.54) is 50.0 Å². The van der Waals surface area contributed by atoms with Crippen molar-refractivity contribution in [3.8, 4) is 0 Å². The van der Waals surface area contributed by atoms with Gasteiger partial charge in [0.25, 0.3) is 0 Å². The summed E-state index contributed by atoms with van der Waals surface area (Å²) in [6.07, 6.45) is 9.88. The zero-order valence-electron chi connectivity index (χ0n) is 15.9. The molecule has 1 atom stereocenters. The first-order chi connectivity index (χ1) is 12.7. The van der Waals surface area contributed by atoms with Gasteiger partial charge in [0.05, 0.1) is 0 Å². The van der Waals surface area contributed by atoms with Gasteiger partial charge in [0.15, 0.2) is 11.6 Å². The smallest absolute Gasteiger partial charge is 0.317 e. The maximum atomic E-state index is 12.0. The first-order valence-electron chi connectivity index (χ1n) is 10.4. The SMILES string of the molecule is C[C@@H]([NH+]=C1CC(=O)OC12CCCCC2)c1ccc(N2CCCCC2)cc1. The van der Waals surface area contributed by atoms with Crippen LogP contribution >= 0.6 is 0 Å². The van der Waals surface area contributed by atoms with Crippen LogP contribution in [0, 0.1) is 0 Å². The van der Waals surface area contributed by atoms with Gasteiger partial charge in [0.2, 0.25) is 5.71 Å². The Kier molecular flexibility index (Phi) is 5.01. The van der Waals surface area contributed by atoms with Gasteiger partial charge in [-0.3, -0.25) is 4.79 Å². The number of piperidine rings is 1. The summed E-state index contributed by atoms with van der Waals surface area (Å²) in [5.41, 5.74) is 3.37. The molecule has 2 saturated heterocycles. The van der Waals surface area contributed by atoms with Crippen LogP contribution in [0.5, 0.6) is 0 Å². The Morgan fingerprint density at radius 3 is 2.35 bits per heavy atom. The quantitative estimate of drug-likeness (QED) is 0.848. The summed E-state index contributed by atoms with van der Waals surface area (Å²) in [5, 5.41) is 0. The minimum absolute atomic E-state index is 0.0675. The summed E-state index contributed by atoms with van der Waals surface area (Å²) in [5.74, 6) is -0.0675. The van der Waals surface area contributed by atoms with Crippen LogP contribution in [0.3, 0.4) is 0 Å². The summed E-state index contributed by atoms with van der Waals surface area (Å²) in [6, 6.07) is 9.14. The van der Waals surface area contributed by atoms with E-state index in [0.717, 1.165) is 31.4 Å². The van der Waals surface area contributed by atoms with Gasteiger partial charge in [-0.25, -0.2) is 4.99 Å². The Morgan fingerprint density at radius 1 is 1.00 bits per heavy atom. The zero-order chi connectivity index (χ0) is 18.0. The van der Waals surface area contributed by atoms with Crippen LogP contribution in [0.25, 0.3) is 0 Å². The van der Waals surface area contributed by atoms with E-state index in [-0.39, 0.29) is 17.6 Å². The third-order valence-electron chi connectivity index (χ3n) is 6.35. The topological polar surface area (TPSA) is 43.5 Å². The summed E-state index contributed by atoms with van der Waals surface area (Å²) in [7, 11) is 0. The monoisotopic (exact) mass is 355 g/mol. The fraction of sp³-hybridized carbons (Fsp3) is 0.636. The molecule has 1 saturated carbocycles. The van der Waals surface area contributed by atoms with Crippen molar-refractivity contribution >= 4 is 17.4 Å². The normalized spacial score (nSPS) is 25.5. The molecule has 2 aliphatic heterocycles. The third-order valence-corrected chi connectivity index (χ3v) is 6.35. The van der Waals surface area contributed by atoms with Gasteiger partial charge in [0, 0.05) is 31.3 Å². The second-order valence-electron chi connectivity index (χ2n) is 8.19. The molecule has 1 aromatic rings. The highest BCUT2D eigenvalue weighted by molar-refractivity contribution is 6.06. The van der Waals surface area contributed by atoms with E-state index < -0.39 is 0 Å². The van der Waals surface area contributed by atoms with Gasteiger partial charge in [0.1, 0.15) is 6.42 Å². The van der Waals surface area contributed by atoms with Crippen molar-refractivity contribution in [1.82, 2.24) is 0 Å². The lowest BCUT2D eigenvalue weighted by atomic mass is 9.81. The molecule has 3 aliphatic rings. The summed E-state index contributed by atoms with van der Waals surface area (Å²) in [4.78, 5) is 18.1. The van der Waals surface area contributed by atoms with E-state index in [1.807, 2.05) is 0 Å². The van der Waals surface area contributed by atoms with Crippen molar-refractivity contribution in [2.24, 2.45) is 0 Å². The standard InChI is InChI=1S/C22H30N2O2/c1-17(18-8-10-19(11-9-18)24-14-6-3-7-15-24)23-20-16-21(25)26-22(20)12-4-2-5-13-22/h8-11,17H,2-7,12-16H2,1H3/p+1/t17-/m1/s1. The molecule has 0 unspecified atom stereocenters. The molecule has 1 aliphatic carbocycles. The summed E-state index contributed by atoms with van der Waals surface area (Å²) in [6.45, 7) is 4.53. The highest BCUT2D eigenvalue weighted by Crippen LogP contribution is 2.36. The molecule has 4 heteroatoms. The number of ether oxygens (including phenoxy) is 1. The van der Waals surface area contributed by atoms with Crippen molar-refractivity contribution < 1.29 is 14.5 Å². The van der Waals surface area contributed by atoms with Gasteiger partial charge in [-0.1, -0.05) is 18.6 Å². The van der Waals surface area contributed by atoms with Crippen molar-refractivity contribution in [2.75, 3.05) is 18.0 Å². The van der Waals surface area contributed by atoms with Crippen LogP contribution in [0.4, 0.5) is 5.69 Å². The van der Waals surface area contributed by atoms with Crippen molar-refractivity contribution in [3.05, 3.63) is 29.8 Å². The maximum Gasteiger partial charge on any atom is 0.317 e. The van der Waals surface area contributed by atoms with E-state index in [2.05, 4.69) is 41.1 Å². The molecule has 0 radical (unpaired) electrons. The van der Waals surface area contributed by atoms with Gasteiger partial charge in [-0.2, -0.15) is 0 Å². The summed E-state index contributed by atoms with van der Waals surface area (Å²) >= 11 is 0. The molecule has 140 valence electrons. The molecule has 2 heterocycles. The predicted octanol–water partition coefficient (Wildman–Crippen LogP) is 2.91. The second kappa shape index (κ2) is 7.42. The number of rotatable bonds is 3. The highest BCUT2D eigenvalue weighted by Gasteiger charge is 2.51. The Balaban J connectivity index is 1.50. The minimum atomic E-state index is -0.336. The molecule has 0 amide bonds. The van der Waals surface area contributed by atoms with Gasteiger partial charge in [-0.05, 0) is 57.1 Å². The lowest BCUT2D eigenvalue weighted by Crippen LogP contribution is -2.77. The Bertz CT molecular complexity index is 668. The Morgan fingerprint density at radius 2 is 1.65 bits per heavy atom. The van der Waals surface area contributed by atoms with Crippen molar-refractivity contribution in [3.63, 3.8) is 0 Å². The Labute approximate surface area is 156 Å². The molecule has 26 heavy (non-hydrogen) atoms. The van der Waals surface area contributed by atoms with Gasteiger partial charge >= 0.3 is 5.97 Å². The molecule has 0 aromatic heterocycles. The van der Waals surface area contributed by atoms with Gasteiger partial charge in [-0.15, -0.1) is 0 Å². The molecular formula is C22H31N2O2+. The molecule has 3 fully saturated rings. The average molecular weight is 356 g/mol. The lowest BCUT2D eigenvalue weighted by Gasteiger charge is -2.29. The average Bonchev–Trinajstić information content (AvgIpc) is 2.97. The first kappa shape index (κ1) is 17.6. The highest BCUT2D eigenvalue weighted by atomic mass is 16.6. The third kappa shape index (κ3) is 3.51. The van der Waals surface area contributed by atoms with E-state index in [1.54, 1.807) is 0 Å². The number of hydrogen-bond donors (Lipinski definition) is 1. The number of esters is 1. The number of carbonyl (C=O) groups excluding carboxylic acids is 1. The van der Waals surface area contributed by atoms with Crippen LogP contribution in [0.1, 0.15) is 76.3 Å². The van der Waals surface area contributed by atoms with Crippen LogP contribution in [-0.2, 0) is 9.53 Å². The van der Waals surface area contributed by atoms with E-state index >= 15 is 0 Å². The number of benzene rings is 1. The summed E-state index contributed by atoms with van der Waals surface area (Å²) < 4.78 is 5.79. The number of hydrogen-bond acceptors (Lipinski definition) is 3. The largest absolute Gasteiger partial charge is 0.448 e. The molecular weight excluding hydrogens is 324 g/mol. The number of nitrogens with one attached hydrogen (secondary N) is 1. The van der Waals surface area contributed by atoms with E-state index in [9.17, 15) is 4.79 Å². The Hall–Kier alpha value is -1.84. The fourth-order valence-electron chi connectivity index (χ4n) is 4.80. The van der Waals surface area contributed by atoms with E-state index in [0.29, 0.717) is 6.42 Å². The molecule has 1 N–H and O–H groups in total. The van der Waals surface area contributed by atoms with Crippen molar-refractivity contribution in [1.29, 1.82) is 0 Å².